The van der Waals surface area contributed by atoms with Crippen LogP contribution in [0.1, 0.15) is 49.1 Å². The van der Waals surface area contributed by atoms with Crippen molar-refractivity contribution in [3.63, 3.8) is 0 Å². The molecule has 0 aromatic heterocycles. The minimum absolute atomic E-state index is 0.0362. The molecule has 2 aromatic rings. The van der Waals surface area contributed by atoms with E-state index >= 15 is 0 Å². The highest BCUT2D eigenvalue weighted by atomic mass is 16.4. The molecule has 0 saturated heterocycles. The molecule has 27 heavy (non-hydrogen) atoms. The minimum Gasteiger partial charge on any atom is -0.481 e. The van der Waals surface area contributed by atoms with Gasteiger partial charge in [-0.3, -0.25) is 9.59 Å². The lowest BCUT2D eigenvalue weighted by atomic mass is 9.86. The maximum Gasteiger partial charge on any atom is 0.320 e. The average Bonchev–Trinajstić information content (AvgIpc) is 2.68. The van der Waals surface area contributed by atoms with Crippen LogP contribution in [0.25, 0.3) is 0 Å². The highest BCUT2D eigenvalue weighted by molar-refractivity contribution is 5.75. The summed E-state index contributed by atoms with van der Waals surface area (Å²) >= 11 is 0. The van der Waals surface area contributed by atoms with Gasteiger partial charge >= 0.3 is 11.9 Å². The largest absolute Gasteiger partial charge is 0.481 e. The standard InChI is InChI=1S/C22H27NO4/c23-20(22(26)27)15-18(21(24)25)13-7-8-14-19(16-9-3-1-4-10-16)17-11-5-2-6-12-17/h1-6,9-12,18-20H,7-8,13-15,23H2,(H,24,25)(H,26,27)/t18-,20-/m0/s1. The van der Waals surface area contributed by atoms with Gasteiger partial charge in [0.15, 0.2) is 0 Å². The van der Waals surface area contributed by atoms with Crippen molar-refractivity contribution in [2.24, 2.45) is 11.7 Å². The van der Waals surface area contributed by atoms with Crippen LogP contribution >= 0.6 is 0 Å². The summed E-state index contributed by atoms with van der Waals surface area (Å²) in [7, 11) is 0. The lowest BCUT2D eigenvalue weighted by Gasteiger charge is -2.19. The molecular formula is C22H27NO4. The van der Waals surface area contributed by atoms with Gasteiger partial charge in [-0.05, 0) is 30.4 Å². The summed E-state index contributed by atoms with van der Waals surface area (Å²) < 4.78 is 0. The Morgan fingerprint density at radius 2 is 1.26 bits per heavy atom. The normalized spacial score (nSPS) is 13.3. The van der Waals surface area contributed by atoms with E-state index in [-0.39, 0.29) is 12.3 Å². The maximum absolute atomic E-state index is 11.4. The van der Waals surface area contributed by atoms with Crippen molar-refractivity contribution in [1.29, 1.82) is 0 Å². The van der Waals surface area contributed by atoms with E-state index in [0.717, 1.165) is 19.3 Å². The Kier molecular flexibility index (Phi) is 8.01. The van der Waals surface area contributed by atoms with Crippen LogP contribution in [0.2, 0.25) is 0 Å². The fourth-order valence-corrected chi connectivity index (χ4v) is 3.39. The molecule has 0 aliphatic carbocycles. The van der Waals surface area contributed by atoms with Gasteiger partial charge in [0.05, 0.1) is 5.92 Å². The van der Waals surface area contributed by atoms with E-state index in [1.807, 2.05) is 36.4 Å². The summed E-state index contributed by atoms with van der Waals surface area (Å²) in [6, 6.07) is 19.4. The first kappa shape index (κ1) is 20.6. The zero-order valence-electron chi connectivity index (χ0n) is 15.3. The maximum atomic E-state index is 11.4. The second-order valence-corrected chi connectivity index (χ2v) is 6.87. The molecule has 0 unspecified atom stereocenters. The Morgan fingerprint density at radius 1 is 0.778 bits per heavy atom. The van der Waals surface area contributed by atoms with Crippen LogP contribution in [0.4, 0.5) is 0 Å². The molecule has 2 aromatic carbocycles. The van der Waals surface area contributed by atoms with E-state index in [0.29, 0.717) is 6.42 Å². The fraction of sp³-hybridized carbons (Fsp3) is 0.364. The van der Waals surface area contributed by atoms with Crippen LogP contribution in [-0.2, 0) is 9.59 Å². The number of aliphatic carboxylic acids is 2. The Labute approximate surface area is 159 Å². The molecule has 5 heteroatoms. The van der Waals surface area contributed by atoms with Crippen molar-refractivity contribution in [2.45, 2.75) is 44.1 Å². The number of nitrogens with two attached hydrogens (primary N) is 1. The molecule has 0 bridgehead atoms. The number of hydrogen-bond acceptors (Lipinski definition) is 3. The van der Waals surface area contributed by atoms with Gasteiger partial charge in [0.2, 0.25) is 0 Å². The molecule has 0 aliphatic heterocycles. The summed E-state index contributed by atoms with van der Waals surface area (Å²) in [4.78, 5) is 22.3. The zero-order valence-corrected chi connectivity index (χ0v) is 15.3. The van der Waals surface area contributed by atoms with Gasteiger partial charge in [0.1, 0.15) is 6.04 Å². The SMILES string of the molecule is N[C@@H](C[C@H](CCCCC(c1ccccc1)c1ccccc1)C(=O)O)C(=O)O. The molecule has 0 saturated carbocycles. The molecule has 5 nitrogen and oxygen atoms in total. The van der Waals surface area contributed by atoms with Crippen molar-refractivity contribution in [3.8, 4) is 0 Å². The van der Waals surface area contributed by atoms with E-state index in [2.05, 4.69) is 24.3 Å². The quantitative estimate of drug-likeness (QED) is 0.522. The lowest BCUT2D eigenvalue weighted by molar-refractivity contribution is -0.143. The number of hydrogen-bond donors (Lipinski definition) is 3. The van der Waals surface area contributed by atoms with Crippen molar-refractivity contribution in [1.82, 2.24) is 0 Å². The number of benzene rings is 2. The summed E-state index contributed by atoms with van der Waals surface area (Å²) in [6.45, 7) is 0. The first-order chi connectivity index (χ1) is 13.0. The van der Waals surface area contributed by atoms with Gasteiger partial charge in [0.25, 0.3) is 0 Å². The number of carboxylic acids is 2. The van der Waals surface area contributed by atoms with Crippen LogP contribution < -0.4 is 5.73 Å². The van der Waals surface area contributed by atoms with Gasteiger partial charge in [-0.15, -0.1) is 0 Å². The molecule has 144 valence electrons. The number of carboxylic acid groups (broad SMARTS) is 2. The van der Waals surface area contributed by atoms with Crippen LogP contribution in [0.5, 0.6) is 0 Å². The molecule has 0 amide bonds. The van der Waals surface area contributed by atoms with Crippen molar-refractivity contribution in [3.05, 3.63) is 71.8 Å². The topological polar surface area (TPSA) is 101 Å². The molecule has 0 radical (unpaired) electrons. The second kappa shape index (κ2) is 10.5. The van der Waals surface area contributed by atoms with E-state index in [9.17, 15) is 14.7 Å². The third kappa shape index (κ3) is 6.53. The number of unbranched alkanes of at least 4 members (excludes halogenated alkanes) is 1. The van der Waals surface area contributed by atoms with Gasteiger partial charge in [0, 0.05) is 5.92 Å². The second-order valence-electron chi connectivity index (χ2n) is 6.87. The van der Waals surface area contributed by atoms with E-state index in [4.69, 9.17) is 10.8 Å². The summed E-state index contributed by atoms with van der Waals surface area (Å²) in [6.07, 6.45) is 2.89. The van der Waals surface area contributed by atoms with Crippen LogP contribution in [-0.4, -0.2) is 28.2 Å². The highest BCUT2D eigenvalue weighted by Gasteiger charge is 2.24. The van der Waals surface area contributed by atoms with Crippen LogP contribution in [0.3, 0.4) is 0 Å². The first-order valence-corrected chi connectivity index (χ1v) is 9.30. The summed E-state index contributed by atoms with van der Waals surface area (Å²) in [5.74, 6) is -2.59. The van der Waals surface area contributed by atoms with Gasteiger partial charge in [-0.25, -0.2) is 0 Å². The number of carbonyl (C=O) groups is 2. The van der Waals surface area contributed by atoms with E-state index in [1.165, 1.54) is 11.1 Å². The lowest BCUT2D eigenvalue weighted by Crippen LogP contribution is -2.34. The van der Waals surface area contributed by atoms with Crippen molar-refractivity contribution < 1.29 is 19.8 Å². The summed E-state index contributed by atoms with van der Waals surface area (Å²) in [5.41, 5.74) is 7.98. The number of rotatable bonds is 11. The summed E-state index contributed by atoms with van der Waals surface area (Å²) in [5, 5.41) is 18.2. The first-order valence-electron chi connectivity index (χ1n) is 9.30. The van der Waals surface area contributed by atoms with E-state index < -0.39 is 23.9 Å². The molecule has 0 heterocycles. The predicted molar refractivity (Wildman–Crippen MR) is 105 cm³/mol. The average molecular weight is 369 g/mol. The Morgan fingerprint density at radius 3 is 1.70 bits per heavy atom. The molecule has 0 spiro atoms. The highest BCUT2D eigenvalue weighted by Crippen LogP contribution is 2.30. The third-order valence-corrected chi connectivity index (χ3v) is 4.90. The van der Waals surface area contributed by atoms with E-state index in [1.54, 1.807) is 0 Å². The Bertz CT molecular complexity index is 678. The predicted octanol–water partition coefficient (Wildman–Crippen LogP) is 3.88. The smallest absolute Gasteiger partial charge is 0.320 e. The fourth-order valence-electron chi connectivity index (χ4n) is 3.39. The van der Waals surface area contributed by atoms with Crippen molar-refractivity contribution >= 4 is 11.9 Å². The monoisotopic (exact) mass is 369 g/mol. The van der Waals surface area contributed by atoms with Crippen LogP contribution in [0.15, 0.2) is 60.7 Å². The van der Waals surface area contributed by atoms with Crippen LogP contribution in [0, 0.1) is 5.92 Å². The molecule has 0 fully saturated rings. The molecule has 2 rings (SSSR count). The Balaban J connectivity index is 1.95. The molecule has 2 atom stereocenters. The van der Waals surface area contributed by atoms with Crippen molar-refractivity contribution in [2.75, 3.05) is 0 Å². The molecule has 4 N–H and O–H groups in total. The van der Waals surface area contributed by atoms with Gasteiger partial charge < -0.3 is 15.9 Å². The third-order valence-electron chi connectivity index (χ3n) is 4.90. The minimum atomic E-state index is -1.16. The Hall–Kier alpha value is -2.66. The zero-order chi connectivity index (χ0) is 19.6. The molecule has 0 aliphatic rings. The van der Waals surface area contributed by atoms with Gasteiger partial charge in [-0.1, -0.05) is 73.5 Å². The van der Waals surface area contributed by atoms with Gasteiger partial charge in [-0.2, -0.15) is 0 Å². The molecular weight excluding hydrogens is 342 g/mol.